The Morgan fingerprint density at radius 3 is 2.43 bits per heavy atom. The summed E-state index contributed by atoms with van der Waals surface area (Å²) in [6.07, 6.45) is -4.35. The van der Waals surface area contributed by atoms with Crippen molar-refractivity contribution in [3.63, 3.8) is 0 Å². The van der Waals surface area contributed by atoms with Crippen LogP contribution >= 0.6 is 0 Å². The predicted molar refractivity (Wildman–Crippen MR) is 68.7 cm³/mol. The normalized spacial score (nSPS) is 11.0. The van der Waals surface area contributed by atoms with Crippen molar-refractivity contribution >= 4 is 5.69 Å². The zero-order valence-corrected chi connectivity index (χ0v) is 10.8. The lowest BCUT2D eigenvalue weighted by molar-refractivity contribution is -0.153. The van der Waals surface area contributed by atoms with E-state index >= 15 is 0 Å². The molecular formula is C14H11F3N2O2. The average molecular weight is 296 g/mol. The summed E-state index contributed by atoms with van der Waals surface area (Å²) < 4.78 is 45.7. The largest absolute Gasteiger partial charge is 0.484 e. The molecule has 21 heavy (non-hydrogen) atoms. The smallest absolute Gasteiger partial charge is 0.422 e. The van der Waals surface area contributed by atoms with Crippen LogP contribution in [0.3, 0.4) is 0 Å². The summed E-state index contributed by atoms with van der Waals surface area (Å²) in [5, 5.41) is 11.6. The van der Waals surface area contributed by atoms with Gasteiger partial charge < -0.3 is 14.5 Å². The van der Waals surface area contributed by atoms with E-state index in [4.69, 9.17) is 9.68 Å². The van der Waals surface area contributed by atoms with Gasteiger partial charge in [0, 0.05) is 5.69 Å². The highest BCUT2D eigenvalue weighted by molar-refractivity contribution is 5.46. The number of rotatable bonds is 5. The summed E-state index contributed by atoms with van der Waals surface area (Å²) in [5.41, 5.74) is 0.698. The molecule has 1 heterocycles. The number of furan rings is 1. The van der Waals surface area contributed by atoms with Crippen LogP contribution in [0.25, 0.3) is 0 Å². The summed E-state index contributed by atoms with van der Waals surface area (Å²) in [5.74, 6) is 0.953. The molecule has 1 aromatic heterocycles. The van der Waals surface area contributed by atoms with Crippen molar-refractivity contribution in [3.05, 3.63) is 47.9 Å². The summed E-state index contributed by atoms with van der Waals surface area (Å²) in [7, 11) is 0. The molecule has 0 radical (unpaired) electrons. The van der Waals surface area contributed by atoms with Gasteiger partial charge in [-0.3, -0.25) is 0 Å². The highest BCUT2D eigenvalue weighted by atomic mass is 19.4. The SMILES string of the molecule is N#Cc1ccc(CNc2ccc(OCC(F)(F)F)cc2)o1. The number of benzene rings is 1. The molecule has 2 aromatic rings. The van der Waals surface area contributed by atoms with E-state index in [1.807, 2.05) is 6.07 Å². The van der Waals surface area contributed by atoms with Gasteiger partial charge in [-0.15, -0.1) is 0 Å². The van der Waals surface area contributed by atoms with Crippen molar-refractivity contribution < 1.29 is 22.3 Å². The fourth-order valence-electron chi connectivity index (χ4n) is 1.56. The van der Waals surface area contributed by atoms with E-state index in [1.165, 1.54) is 12.1 Å². The van der Waals surface area contributed by atoms with Crippen LogP contribution in [0.4, 0.5) is 18.9 Å². The molecule has 0 aliphatic rings. The zero-order chi connectivity index (χ0) is 15.3. The number of ether oxygens (including phenoxy) is 1. The molecule has 0 atom stereocenters. The Morgan fingerprint density at radius 2 is 1.86 bits per heavy atom. The second-order valence-electron chi connectivity index (χ2n) is 4.16. The molecule has 0 saturated heterocycles. The Hall–Kier alpha value is -2.62. The van der Waals surface area contributed by atoms with Gasteiger partial charge in [0.1, 0.15) is 17.6 Å². The minimum Gasteiger partial charge on any atom is -0.484 e. The third kappa shape index (κ3) is 4.76. The maximum Gasteiger partial charge on any atom is 0.422 e. The first kappa shape index (κ1) is 14.8. The number of anilines is 1. The number of halogens is 3. The van der Waals surface area contributed by atoms with Crippen LogP contribution < -0.4 is 10.1 Å². The molecule has 110 valence electrons. The molecule has 0 saturated carbocycles. The molecule has 0 spiro atoms. The minimum absolute atomic E-state index is 0.141. The Balaban J connectivity index is 1.86. The van der Waals surface area contributed by atoms with Crippen molar-refractivity contribution in [3.8, 4) is 11.8 Å². The van der Waals surface area contributed by atoms with Crippen LogP contribution in [0.2, 0.25) is 0 Å². The van der Waals surface area contributed by atoms with Gasteiger partial charge in [0.25, 0.3) is 0 Å². The molecule has 1 aromatic carbocycles. The van der Waals surface area contributed by atoms with Gasteiger partial charge in [0.2, 0.25) is 5.76 Å². The van der Waals surface area contributed by atoms with Gasteiger partial charge >= 0.3 is 6.18 Å². The van der Waals surface area contributed by atoms with Crippen LogP contribution in [-0.2, 0) is 6.54 Å². The van der Waals surface area contributed by atoms with Crippen LogP contribution in [0, 0.1) is 11.3 Å². The summed E-state index contributed by atoms with van der Waals surface area (Å²) in [4.78, 5) is 0. The summed E-state index contributed by atoms with van der Waals surface area (Å²) in [6.45, 7) is -0.951. The van der Waals surface area contributed by atoms with E-state index < -0.39 is 12.8 Å². The molecular weight excluding hydrogens is 285 g/mol. The monoisotopic (exact) mass is 296 g/mol. The Bertz CT molecular complexity index is 627. The standard InChI is InChI=1S/C14H11F3N2O2/c15-14(16,17)9-20-11-3-1-10(2-4-11)19-8-13-6-5-12(7-18)21-13/h1-6,19H,8-9H2. The van der Waals surface area contributed by atoms with Crippen LogP contribution in [0.15, 0.2) is 40.8 Å². The van der Waals surface area contributed by atoms with Crippen LogP contribution in [0.5, 0.6) is 5.75 Å². The van der Waals surface area contributed by atoms with Gasteiger partial charge in [0.05, 0.1) is 6.54 Å². The summed E-state index contributed by atoms with van der Waals surface area (Å²) >= 11 is 0. The number of nitrogens with one attached hydrogen (secondary N) is 1. The quantitative estimate of drug-likeness (QED) is 0.914. The lowest BCUT2D eigenvalue weighted by Crippen LogP contribution is -2.19. The van der Waals surface area contributed by atoms with Crippen LogP contribution in [-0.4, -0.2) is 12.8 Å². The van der Waals surface area contributed by atoms with E-state index in [2.05, 4.69) is 10.1 Å². The molecule has 1 N–H and O–H groups in total. The number of alkyl halides is 3. The molecule has 0 aliphatic heterocycles. The molecule has 0 unspecified atom stereocenters. The van der Waals surface area contributed by atoms with Crippen LogP contribution in [0.1, 0.15) is 11.5 Å². The second kappa shape index (κ2) is 6.22. The second-order valence-corrected chi connectivity index (χ2v) is 4.16. The Kier molecular flexibility index (Phi) is 4.38. The molecule has 2 rings (SSSR count). The van der Waals surface area contributed by atoms with E-state index in [-0.39, 0.29) is 11.5 Å². The predicted octanol–water partition coefficient (Wildman–Crippen LogP) is 3.70. The number of nitriles is 1. The van der Waals surface area contributed by atoms with E-state index in [1.54, 1.807) is 24.3 Å². The number of nitrogens with zero attached hydrogens (tertiary/aromatic N) is 1. The van der Waals surface area contributed by atoms with Crippen molar-refractivity contribution in [1.29, 1.82) is 5.26 Å². The Labute approximate surface area is 118 Å². The lowest BCUT2D eigenvalue weighted by atomic mass is 10.3. The van der Waals surface area contributed by atoms with Gasteiger partial charge in [0.15, 0.2) is 6.61 Å². The molecule has 0 aliphatic carbocycles. The van der Waals surface area contributed by atoms with Gasteiger partial charge in [-0.05, 0) is 36.4 Å². The molecule has 0 fully saturated rings. The Morgan fingerprint density at radius 1 is 1.14 bits per heavy atom. The average Bonchev–Trinajstić information content (AvgIpc) is 2.91. The first-order valence-electron chi connectivity index (χ1n) is 5.98. The molecule has 0 bridgehead atoms. The van der Waals surface area contributed by atoms with E-state index in [0.29, 0.717) is 18.0 Å². The highest BCUT2D eigenvalue weighted by Gasteiger charge is 2.28. The van der Waals surface area contributed by atoms with E-state index in [0.717, 1.165) is 0 Å². The van der Waals surface area contributed by atoms with Gasteiger partial charge in [-0.2, -0.15) is 18.4 Å². The first-order chi connectivity index (χ1) is 9.96. The maximum atomic E-state index is 12.0. The third-order valence-corrected chi connectivity index (χ3v) is 2.50. The topological polar surface area (TPSA) is 58.2 Å². The lowest BCUT2D eigenvalue weighted by Gasteiger charge is -2.10. The highest BCUT2D eigenvalue weighted by Crippen LogP contribution is 2.20. The fraction of sp³-hybridized carbons (Fsp3) is 0.214. The minimum atomic E-state index is -4.35. The van der Waals surface area contributed by atoms with Gasteiger partial charge in [-0.25, -0.2) is 0 Å². The van der Waals surface area contributed by atoms with Gasteiger partial charge in [-0.1, -0.05) is 0 Å². The van der Waals surface area contributed by atoms with Crippen molar-refractivity contribution in [1.82, 2.24) is 0 Å². The van der Waals surface area contributed by atoms with Crippen molar-refractivity contribution in [2.24, 2.45) is 0 Å². The van der Waals surface area contributed by atoms with E-state index in [9.17, 15) is 13.2 Å². The maximum absolute atomic E-state index is 12.0. The fourth-order valence-corrected chi connectivity index (χ4v) is 1.56. The number of hydrogen-bond donors (Lipinski definition) is 1. The molecule has 7 heteroatoms. The molecule has 0 amide bonds. The van der Waals surface area contributed by atoms with Crippen molar-refractivity contribution in [2.75, 3.05) is 11.9 Å². The summed E-state index contributed by atoms with van der Waals surface area (Å²) in [6, 6.07) is 11.2. The first-order valence-corrected chi connectivity index (χ1v) is 5.98. The number of hydrogen-bond acceptors (Lipinski definition) is 4. The zero-order valence-electron chi connectivity index (χ0n) is 10.8. The molecule has 4 nitrogen and oxygen atoms in total. The third-order valence-electron chi connectivity index (χ3n) is 2.50. The van der Waals surface area contributed by atoms with Crippen molar-refractivity contribution in [2.45, 2.75) is 12.7 Å².